The zero-order chi connectivity index (χ0) is 24.6. The topological polar surface area (TPSA) is 104 Å². The largest absolute Gasteiger partial charge is 0.487 e. The summed E-state index contributed by atoms with van der Waals surface area (Å²) in [7, 11) is -5.94. The molecule has 0 bridgehead atoms. The van der Waals surface area contributed by atoms with Gasteiger partial charge in [0.1, 0.15) is 16.7 Å². The van der Waals surface area contributed by atoms with E-state index in [1.807, 2.05) is 38.1 Å². The standard InChI is InChI=1S/C23H32N2O6S2/c1-16-6-8-19(9-7-16)20-10-11-23-21(12-20)31-22(14-24(4)32(5,27)28)17(2)13-25(18(3)15-26)33(23,29)30/h6-12,17-18,22,26H,13-15H2,1-5H3/t17-,18+,22-/m1/s1. The molecule has 1 aliphatic heterocycles. The van der Waals surface area contributed by atoms with Crippen molar-refractivity contribution in [1.29, 1.82) is 0 Å². The average molecular weight is 497 g/mol. The van der Waals surface area contributed by atoms with Gasteiger partial charge in [-0.05, 0) is 37.1 Å². The van der Waals surface area contributed by atoms with Gasteiger partial charge >= 0.3 is 0 Å². The molecule has 1 aliphatic rings. The Morgan fingerprint density at radius 1 is 1.18 bits per heavy atom. The molecule has 10 heteroatoms. The molecule has 3 rings (SSSR count). The molecule has 1 N–H and O–H groups in total. The summed E-state index contributed by atoms with van der Waals surface area (Å²) < 4.78 is 59.8. The van der Waals surface area contributed by atoms with Crippen LogP contribution < -0.4 is 4.74 Å². The van der Waals surface area contributed by atoms with Crippen LogP contribution in [-0.4, -0.2) is 75.7 Å². The van der Waals surface area contributed by atoms with Gasteiger partial charge in [0.15, 0.2) is 0 Å². The van der Waals surface area contributed by atoms with Crippen LogP contribution in [0, 0.1) is 12.8 Å². The van der Waals surface area contributed by atoms with E-state index in [9.17, 15) is 21.9 Å². The highest BCUT2D eigenvalue weighted by Gasteiger charge is 2.38. The third kappa shape index (κ3) is 5.58. The SMILES string of the molecule is Cc1ccc(-c2ccc3c(c2)O[C@H](CN(C)S(C)(=O)=O)[C@H](C)CN([C@@H](C)CO)S3(=O)=O)cc1. The van der Waals surface area contributed by atoms with Gasteiger partial charge in [0.2, 0.25) is 20.0 Å². The minimum absolute atomic E-state index is 0.00225. The molecule has 0 aromatic heterocycles. The number of aryl methyl sites for hydroxylation is 1. The molecule has 2 aromatic carbocycles. The number of aliphatic hydroxyl groups excluding tert-OH is 1. The maximum atomic E-state index is 13.5. The molecule has 182 valence electrons. The maximum absolute atomic E-state index is 13.5. The predicted octanol–water partition coefficient (Wildman–Crippen LogP) is 2.32. The molecule has 0 amide bonds. The van der Waals surface area contributed by atoms with E-state index in [0.29, 0.717) is 0 Å². The zero-order valence-corrected chi connectivity index (χ0v) is 21.2. The number of hydrogen-bond acceptors (Lipinski definition) is 6. The van der Waals surface area contributed by atoms with E-state index in [0.717, 1.165) is 22.9 Å². The molecule has 2 aromatic rings. The summed E-state index contributed by atoms with van der Waals surface area (Å²) in [6, 6.07) is 12.1. The Labute approximate surface area is 196 Å². The van der Waals surface area contributed by atoms with Crippen molar-refractivity contribution in [1.82, 2.24) is 8.61 Å². The Bertz CT molecular complexity index is 1200. The highest BCUT2D eigenvalue weighted by atomic mass is 32.2. The van der Waals surface area contributed by atoms with E-state index >= 15 is 0 Å². The molecular weight excluding hydrogens is 464 g/mol. The van der Waals surface area contributed by atoms with E-state index in [2.05, 4.69) is 0 Å². The number of ether oxygens (including phenoxy) is 1. The second-order valence-corrected chi connectivity index (χ2v) is 12.8. The monoisotopic (exact) mass is 496 g/mol. The third-order valence-electron chi connectivity index (χ3n) is 6.06. The Kier molecular flexibility index (Phi) is 7.55. The van der Waals surface area contributed by atoms with Gasteiger partial charge < -0.3 is 9.84 Å². The van der Waals surface area contributed by atoms with Crippen LogP contribution in [-0.2, 0) is 20.0 Å². The molecule has 0 aliphatic carbocycles. The van der Waals surface area contributed by atoms with Gasteiger partial charge in [-0.3, -0.25) is 0 Å². The van der Waals surface area contributed by atoms with Crippen molar-refractivity contribution < 1.29 is 26.7 Å². The Morgan fingerprint density at radius 3 is 2.36 bits per heavy atom. The molecular formula is C23H32N2O6S2. The van der Waals surface area contributed by atoms with Gasteiger partial charge in [-0.25, -0.2) is 21.1 Å². The van der Waals surface area contributed by atoms with Crippen molar-refractivity contribution in [3.63, 3.8) is 0 Å². The van der Waals surface area contributed by atoms with E-state index in [1.54, 1.807) is 19.1 Å². The molecule has 3 atom stereocenters. The van der Waals surface area contributed by atoms with Crippen molar-refractivity contribution in [2.75, 3.05) is 33.0 Å². The lowest BCUT2D eigenvalue weighted by Gasteiger charge is -2.37. The molecule has 0 saturated heterocycles. The van der Waals surface area contributed by atoms with Gasteiger partial charge in [0.25, 0.3) is 0 Å². The van der Waals surface area contributed by atoms with Crippen LogP contribution in [0.1, 0.15) is 19.4 Å². The fourth-order valence-corrected chi connectivity index (χ4v) is 6.00. The summed E-state index contributed by atoms with van der Waals surface area (Å²) in [6.07, 6.45) is 0.523. The molecule has 8 nitrogen and oxygen atoms in total. The van der Waals surface area contributed by atoms with Crippen molar-refractivity contribution in [2.45, 2.75) is 37.8 Å². The van der Waals surface area contributed by atoms with Crippen molar-refractivity contribution >= 4 is 20.0 Å². The summed E-state index contributed by atoms with van der Waals surface area (Å²) >= 11 is 0. The number of aliphatic hydroxyl groups is 1. The molecule has 0 fully saturated rings. The summed E-state index contributed by atoms with van der Waals surface area (Å²) in [5.74, 6) is -0.171. The van der Waals surface area contributed by atoms with Gasteiger partial charge in [0.05, 0.1) is 19.4 Å². The quantitative estimate of drug-likeness (QED) is 0.658. The number of sulfonamides is 2. The van der Waals surface area contributed by atoms with Crippen LogP contribution in [0.3, 0.4) is 0 Å². The van der Waals surface area contributed by atoms with Gasteiger partial charge in [0, 0.05) is 25.6 Å². The number of likely N-dealkylation sites (N-methyl/N-ethyl adjacent to an activating group) is 1. The second kappa shape index (κ2) is 9.71. The molecule has 0 unspecified atom stereocenters. The number of rotatable bonds is 6. The Balaban J connectivity index is 2.14. The van der Waals surface area contributed by atoms with E-state index in [4.69, 9.17) is 4.74 Å². The number of benzene rings is 2. The highest BCUT2D eigenvalue weighted by Crippen LogP contribution is 2.36. The summed E-state index contributed by atoms with van der Waals surface area (Å²) in [4.78, 5) is -0.00225. The van der Waals surface area contributed by atoms with Crippen LogP contribution in [0.15, 0.2) is 47.4 Å². The smallest absolute Gasteiger partial charge is 0.247 e. The first-order chi connectivity index (χ1) is 15.3. The molecule has 1 heterocycles. The Morgan fingerprint density at radius 2 is 1.79 bits per heavy atom. The van der Waals surface area contributed by atoms with Crippen LogP contribution in [0.5, 0.6) is 5.75 Å². The average Bonchev–Trinajstić information content (AvgIpc) is 2.75. The van der Waals surface area contributed by atoms with Gasteiger partial charge in [-0.2, -0.15) is 4.31 Å². The van der Waals surface area contributed by atoms with Gasteiger partial charge in [-0.15, -0.1) is 0 Å². The fraction of sp³-hybridized carbons (Fsp3) is 0.478. The molecule has 0 saturated carbocycles. The first-order valence-corrected chi connectivity index (χ1v) is 14.0. The first kappa shape index (κ1) is 25.6. The lowest BCUT2D eigenvalue weighted by Crippen LogP contribution is -2.50. The van der Waals surface area contributed by atoms with Gasteiger partial charge in [-0.1, -0.05) is 42.8 Å². The second-order valence-electron chi connectivity index (χ2n) is 8.81. The van der Waals surface area contributed by atoms with Crippen LogP contribution in [0.4, 0.5) is 0 Å². The number of fused-ring (bicyclic) bond motifs is 1. The highest BCUT2D eigenvalue weighted by molar-refractivity contribution is 7.89. The van der Waals surface area contributed by atoms with Crippen molar-refractivity contribution in [2.24, 2.45) is 5.92 Å². The van der Waals surface area contributed by atoms with Crippen molar-refractivity contribution in [3.05, 3.63) is 48.0 Å². The molecule has 0 radical (unpaired) electrons. The minimum Gasteiger partial charge on any atom is -0.487 e. The van der Waals surface area contributed by atoms with E-state index in [1.165, 1.54) is 21.7 Å². The molecule has 0 spiro atoms. The third-order valence-corrected chi connectivity index (χ3v) is 9.36. The zero-order valence-electron chi connectivity index (χ0n) is 19.6. The number of nitrogens with zero attached hydrogens (tertiary/aromatic N) is 2. The number of hydrogen-bond donors (Lipinski definition) is 1. The lowest BCUT2D eigenvalue weighted by atomic mass is 10.0. The predicted molar refractivity (Wildman–Crippen MR) is 128 cm³/mol. The summed E-state index contributed by atoms with van der Waals surface area (Å²) in [6.45, 7) is 5.27. The van der Waals surface area contributed by atoms with E-state index in [-0.39, 0.29) is 36.3 Å². The Hall–Kier alpha value is -1.98. The normalized spacial score (nSPS) is 22.2. The van der Waals surface area contributed by atoms with Crippen LogP contribution in [0.25, 0.3) is 11.1 Å². The van der Waals surface area contributed by atoms with E-state index < -0.39 is 32.2 Å². The fourth-order valence-electron chi connectivity index (χ4n) is 3.76. The molecule has 33 heavy (non-hydrogen) atoms. The van der Waals surface area contributed by atoms with Crippen LogP contribution in [0.2, 0.25) is 0 Å². The lowest BCUT2D eigenvalue weighted by molar-refractivity contribution is 0.0906. The van der Waals surface area contributed by atoms with Crippen molar-refractivity contribution in [3.8, 4) is 16.9 Å². The summed E-state index contributed by atoms with van der Waals surface area (Å²) in [5, 5.41) is 9.72. The van der Waals surface area contributed by atoms with Crippen LogP contribution >= 0.6 is 0 Å². The first-order valence-electron chi connectivity index (χ1n) is 10.8. The summed E-state index contributed by atoms with van der Waals surface area (Å²) in [5.41, 5.74) is 2.80. The maximum Gasteiger partial charge on any atom is 0.247 e. The minimum atomic E-state index is -3.96.